The van der Waals surface area contributed by atoms with Crippen LogP contribution in [0.1, 0.15) is 65.2 Å². The van der Waals surface area contributed by atoms with Gasteiger partial charge in [-0.25, -0.2) is 4.79 Å². The van der Waals surface area contributed by atoms with Crippen LogP contribution in [0.25, 0.3) is 0 Å². The van der Waals surface area contributed by atoms with Gasteiger partial charge < -0.3 is 15.5 Å². The van der Waals surface area contributed by atoms with Crippen LogP contribution in [0.3, 0.4) is 0 Å². The summed E-state index contributed by atoms with van der Waals surface area (Å²) in [6.07, 6.45) is 9.65. The average Bonchev–Trinajstić information content (AvgIpc) is 2.70. The number of carbonyl (C=O) groups is 2. The van der Waals surface area contributed by atoms with Crippen LogP contribution in [0.15, 0.2) is 30.0 Å². The molecule has 0 heterocycles. The molecular formula is C24H33Cl2N3O2. The largest absolute Gasteiger partial charge is 0.388 e. The zero-order valence-electron chi connectivity index (χ0n) is 18.5. The number of hydrogen-bond donors (Lipinski definition) is 2. The first-order chi connectivity index (χ1) is 14.7. The van der Waals surface area contributed by atoms with Crippen molar-refractivity contribution in [1.82, 2.24) is 10.2 Å². The van der Waals surface area contributed by atoms with Crippen molar-refractivity contribution in [2.24, 2.45) is 5.41 Å². The van der Waals surface area contributed by atoms with Crippen molar-refractivity contribution in [2.75, 3.05) is 18.4 Å². The maximum absolute atomic E-state index is 13.1. The maximum Gasteiger partial charge on any atom is 0.322 e. The molecule has 0 spiro atoms. The van der Waals surface area contributed by atoms with Gasteiger partial charge in [0.25, 0.3) is 0 Å². The van der Waals surface area contributed by atoms with E-state index in [2.05, 4.69) is 24.5 Å². The Morgan fingerprint density at radius 3 is 2.55 bits per heavy atom. The Hall–Kier alpha value is -1.72. The van der Waals surface area contributed by atoms with E-state index in [9.17, 15) is 9.59 Å². The molecule has 1 aromatic carbocycles. The average molecular weight is 466 g/mol. The molecule has 0 radical (unpaired) electrons. The highest BCUT2D eigenvalue weighted by Crippen LogP contribution is 2.32. The fourth-order valence-corrected chi connectivity index (χ4v) is 4.87. The van der Waals surface area contributed by atoms with Crippen molar-refractivity contribution in [3.8, 4) is 0 Å². The molecule has 1 aromatic rings. The SMILES string of the molecule is CC1(C)CC(=O)C=C(NCCCN(C(=O)Nc2ccc(Cl)c(Cl)c2)C2CCCCC2)C1. The summed E-state index contributed by atoms with van der Waals surface area (Å²) < 4.78 is 0. The fourth-order valence-electron chi connectivity index (χ4n) is 4.57. The van der Waals surface area contributed by atoms with E-state index < -0.39 is 0 Å². The number of urea groups is 1. The van der Waals surface area contributed by atoms with Crippen LogP contribution in [0.4, 0.5) is 10.5 Å². The fraction of sp³-hybridized carbons (Fsp3) is 0.583. The molecule has 2 amide bonds. The van der Waals surface area contributed by atoms with Crippen molar-refractivity contribution >= 4 is 40.7 Å². The number of anilines is 1. The monoisotopic (exact) mass is 465 g/mol. The maximum atomic E-state index is 13.1. The quantitative estimate of drug-likeness (QED) is 0.457. The van der Waals surface area contributed by atoms with Crippen LogP contribution < -0.4 is 10.6 Å². The molecule has 2 aliphatic carbocycles. The minimum absolute atomic E-state index is 0.00202. The summed E-state index contributed by atoms with van der Waals surface area (Å²) in [6, 6.07) is 5.29. The second kappa shape index (κ2) is 10.7. The Morgan fingerprint density at radius 2 is 1.87 bits per heavy atom. The molecular weight excluding hydrogens is 433 g/mol. The summed E-state index contributed by atoms with van der Waals surface area (Å²) in [5.74, 6) is 0.184. The van der Waals surface area contributed by atoms with Gasteiger partial charge in [-0.1, -0.05) is 56.3 Å². The van der Waals surface area contributed by atoms with Gasteiger partial charge in [0.05, 0.1) is 10.0 Å². The van der Waals surface area contributed by atoms with Gasteiger partial charge in [-0.15, -0.1) is 0 Å². The standard InChI is InChI=1S/C24H33Cl2N3O2/c1-24(2)15-18(13-20(30)16-24)27-11-6-12-29(19-7-4-3-5-8-19)23(31)28-17-9-10-21(25)22(26)14-17/h9-10,13-14,19,27H,3-8,11-12,15-16H2,1-2H3,(H,28,31). The Kier molecular flexibility index (Phi) is 8.29. The summed E-state index contributed by atoms with van der Waals surface area (Å²) >= 11 is 12.1. The zero-order chi connectivity index (χ0) is 22.4. The van der Waals surface area contributed by atoms with E-state index in [-0.39, 0.29) is 23.3 Å². The predicted octanol–water partition coefficient (Wildman–Crippen LogP) is 6.41. The number of halogens is 2. The molecule has 0 unspecified atom stereocenters. The number of allylic oxidation sites excluding steroid dienone is 2. The van der Waals surface area contributed by atoms with E-state index in [0.29, 0.717) is 28.7 Å². The molecule has 0 saturated heterocycles. The number of nitrogens with one attached hydrogen (secondary N) is 2. The summed E-state index contributed by atoms with van der Waals surface area (Å²) in [4.78, 5) is 27.0. The van der Waals surface area contributed by atoms with E-state index in [1.54, 1.807) is 24.3 Å². The molecule has 1 fully saturated rings. The lowest BCUT2D eigenvalue weighted by Gasteiger charge is -2.35. The van der Waals surface area contributed by atoms with Crippen molar-refractivity contribution in [1.29, 1.82) is 0 Å². The molecule has 5 nitrogen and oxygen atoms in total. The smallest absolute Gasteiger partial charge is 0.322 e. The van der Waals surface area contributed by atoms with Crippen molar-refractivity contribution in [3.63, 3.8) is 0 Å². The van der Waals surface area contributed by atoms with Crippen LogP contribution in [0, 0.1) is 5.41 Å². The molecule has 170 valence electrons. The number of ketones is 1. The predicted molar refractivity (Wildman–Crippen MR) is 128 cm³/mol. The second-order valence-electron chi connectivity index (χ2n) is 9.48. The van der Waals surface area contributed by atoms with Crippen LogP contribution in [-0.2, 0) is 4.79 Å². The van der Waals surface area contributed by atoms with Gasteiger partial charge >= 0.3 is 6.03 Å². The molecule has 7 heteroatoms. The van der Waals surface area contributed by atoms with Crippen LogP contribution in [0.5, 0.6) is 0 Å². The first-order valence-electron chi connectivity index (χ1n) is 11.2. The van der Waals surface area contributed by atoms with Gasteiger partial charge in [0.1, 0.15) is 0 Å². The number of benzene rings is 1. The number of amides is 2. The molecule has 0 aliphatic heterocycles. The van der Waals surface area contributed by atoms with E-state index in [1.807, 2.05) is 4.90 Å². The van der Waals surface area contributed by atoms with Crippen LogP contribution in [0.2, 0.25) is 10.0 Å². The third kappa shape index (κ3) is 7.15. The third-order valence-corrected chi connectivity index (χ3v) is 6.77. The van der Waals surface area contributed by atoms with E-state index in [0.717, 1.165) is 50.8 Å². The second-order valence-corrected chi connectivity index (χ2v) is 10.3. The molecule has 0 atom stereocenters. The van der Waals surface area contributed by atoms with Gasteiger partial charge in [0.2, 0.25) is 0 Å². The van der Waals surface area contributed by atoms with Crippen molar-refractivity contribution < 1.29 is 9.59 Å². The third-order valence-electron chi connectivity index (χ3n) is 6.03. The highest BCUT2D eigenvalue weighted by Gasteiger charge is 2.28. The number of carbonyl (C=O) groups excluding carboxylic acids is 2. The van der Waals surface area contributed by atoms with Crippen molar-refractivity contribution in [2.45, 2.75) is 71.3 Å². The molecule has 0 aromatic heterocycles. The number of rotatable bonds is 7. The Labute approximate surface area is 195 Å². The van der Waals surface area contributed by atoms with Gasteiger partial charge in [-0.05, 0) is 49.3 Å². The van der Waals surface area contributed by atoms with Gasteiger partial charge in [-0.3, -0.25) is 4.79 Å². The lowest BCUT2D eigenvalue weighted by atomic mass is 9.79. The molecule has 3 rings (SSSR count). The topological polar surface area (TPSA) is 61.4 Å². The van der Waals surface area contributed by atoms with Gasteiger partial charge in [0, 0.05) is 43.0 Å². The number of hydrogen-bond acceptors (Lipinski definition) is 3. The number of nitrogens with zero attached hydrogens (tertiary/aromatic N) is 1. The molecule has 0 bridgehead atoms. The normalized spacial score (nSPS) is 19.0. The first kappa shape index (κ1) is 23.9. The van der Waals surface area contributed by atoms with Gasteiger partial charge in [0.15, 0.2) is 5.78 Å². The molecule has 2 aliphatic rings. The molecule has 2 N–H and O–H groups in total. The lowest BCUT2D eigenvalue weighted by molar-refractivity contribution is -0.117. The Balaban J connectivity index is 1.57. The van der Waals surface area contributed by atoms with E-state index >= 15 is 0 Å². The summed E-state index contributed by atoms with van der Waals surface area (Å²) in [5, 5.41) is 7.29. The first-order valence-corrected chi connectivity index (χ1v) is 12.0. The summed E-state index contributed by atoms with van der Waals surface area (Å²) in [7, 11) is 0. The summed E-state index contributed by atoms with van der Waals surface area (Å²) in [6.45, 7) is 5.64. The zero-order valence-corrected chi connectivity index (χ0v) is 20.0. The lowest BCUT2D eigenvalue weighted by Crippen LogP contribution is -2.45. The van der Waals surface area contributed by atoms with Gasteiger partial charge in [-0.2, -0.15) is 0 Å². The molecule has 31 heavy (non-hydrogen) atoms. The van der Waals surface area contributed by atoms with Crippen LogP contribution in [-0.4, -0.2) is 35.8 Å². The Morgan fingerprint density at radius 1 is 1.13 bits per heavy atom. The Bertz CT molecular complexity index is 832. The molecule has 1 saturated carbocycles. The van der Waals surface area contributed by atoms with E-state index in [1.165, 1.54) is 6.42 Å². The van der Waals surface area contributed by atoms with Crippen LogP contribution >= 0.6 is 23.2 Å². The minimum Gasteiger partial charge on any atom is -0.388 e. The highest BCUT2D eigenvalue weighted by atomic mass is 35.5. The minimum atomic E-state index is -0.0986. The van der Waals surface area contributed by atoms with E-state index in [4.69, 9.17) is 23.2 Å². The summed E-state index contributed by atoms with van der Waals surface area (Å²) in [5.41, 5.74) is 1.65. The van der Waals surface area contributed by atoms with Crippen molar-refractivity contribution in [3.05, 3.63) is 40.0 Å². The highest BCUT2D eigenvalue weighted by molar-refractivity contribution is 6.42.